The van der Waals surface area contributed by atoms with Crippen LogP contribution in [-0.4, -0.2) is 16.0 Å². The summed E-state index contributed by atoms with van der Waals surface area (Å²) in [6.45, 7) is 3.82. The van der Waals surface area contributed by atoms with Crippen molar-refractivity contribution in [3.63, 3.8) is 0 Å². The average molecular weight is 317 g/mol. The summed E-state index contributed by atoms with van der Waals surface area (Å²) in [6.07, 6.45) is 0. The topological polar surface area (TPSA) is 90.7 Å². The fourth-order valence-corrected chi connectivity index (χ4v) is 2.23. The maximum atomic E-state index is 12.1. The zero-order valence-electron chi connectivity index (χ0n) is 13.3. The Balaban J connectivity index is 1.75. The van der Waals surface area contributed by atoms with E-state index in [0.29, 0.717) is 16.9 Å². The van der Waals surface area contributed by atoms with E-state index in [9.17, 15) is 4.79 Å². The molecule has 0 aliphatic heterocycles. The third kappa shape index (κ3) is 3.31. The summed E-state index contributed by atoms with van der Waals surface area (Å²) in [5.41, 5.74) is 5.05. The monoisotopic (exact) mass is 317 g/mol. The van der Waals surface area contributed by atoms with Gasteiger partial charge >= 0.3 is 6.03 Å². The van der Waals surface area contributed by atoms with Crippen molar-refractivity contribution in [2.24, 2.45) is 0 Å². The fraction of sp³-hybridized carbons (Fsp3) is 0.111. The van der Waals surface area contributed by atoms with Gasteiger partial charge in [0.25, 0.3) is 0 Å². The number of benzene rings is 2. The summed E-state index contributed by atoms with van der Waals surface area (Å²) in [5.74, 6) is 0. The van der Waals surface area contributed by atoms with Crippen molar-refractivity contribution >= 4 is 28.4 Å². The second kappa shape index (κ2) is 6.34. The molecule has 2 aromatic carbocycles. The molecule has 0 fully saturated rings. The van der Waals surface area contributed by atoms with E-state index in [1.54, 1.807) is 36.4 Å². The molecule has 2 N–H and O–H groups in total. The zero-order valence-corrected chi connectivity index (χ0v) is 13.3. The molecule has 118 valence electrons. The molecule has 0 radical (unpaired) electrons. The Bertz CT molecular complexity index is 958. The predicted molar refractivity (Wildman–Crippen MR) is 92.8 cm³/mol. The highest BCUT2D eigenvalue weighted by atomic mass is 16.2. The van der Waals surface area contributed by atoms with Gasteiger partial charge in [0.2, 0.25) is 0 Å². The number of aryl methyl sites for hydroxylation is 2. The van der Waals surface area contributed by atoms with Crippen LogP contribution in [0.2, 0.25) is 0 Å². The third-order valence-electron chi connectivity index (χ3n) is 3.61. The van der Waals surface area contributed by atoms with E-state index in [1.807, 2.05) is 26.0 Å². The van der Waals surface area contributed by atoms with Crippen LogP contribution in [0.5, 0.6) is 0 Å². The Morgan fingerprint density at radius 3 is 2.17 bits per heavy atom. The van der Waals surface area contributed by atoms with Gasteiger partial charge in [-0.25, -0.2) is 14.8 Å². The standard InChI is InChI=1S/C18H15N5O/c1-11-12(2)21-17-9-15(7-8-16(17)20-11)23-18(24)22-14-5-3-13(10-19)4-6-14/h3-9H,1-2H3,(H2,22,23,24). The first kappa shape index (κ1) is 15.4. The van der Waals surface area contributed by atoms with E-state index in [1.165, 1.54) is 0 Å². The van der Waals surface area contributed by atoms with Crippen LogP contribution in [-0.2, 0) is 0 Å². The molecule has 0 atom stereocenters. The van der Waals surface area contributed by atoms with Crippen molar-refractivity contribution in [2.45, 2.75) is 13.8 Å². The molecule has 3 aromatic rings. The molecule has 24 heavy (non-hydrogen) atoms. The number of hydrogen-bond donors (Lipinski definition) is 2. The lowest BCUT2D eigenvalue weighted by atomic mass is 10.2. The summed E-state index contributed by atoms with van der Waals surface area (Å²) in [7, 11) is 0. The van der Waals surface area contributed by atoms with Crippen LogP contribution in [0.4, 0.5) is 16.2 Å². The molecule has 0 saturated carbocycles. The number of aromatic nitrogens is 2. The van der Waals surface area contributed by atoms with E-state index in [2.05, 4.69) is 20.6 Å². The van der Waals surface area contributed by atoms with Gasteiger partial charge in [-0.1, -0.05) is 0 Å². The number of anilines is 2. The van der Waals surface area contributed by atoms with Crippen LogP contribution in [0.25, 0.3) is 11.0 Å². The van der Waals surface area contributed by atoms with Crippen molar-refractivity contribution in [3.05, 3.63) is 59.4 Å². The first-order valence-corrected chi connectivity index (χ1v) is 7.38. The van der Waals surface area contributed by atoms with Gasteiger partial charge in [0.05, 0.1) is 34.1 Å². The molecule has 6 heteroatoms. The number of nitrogens with zero attached hydrogens (tertiary/aromatic N) is 3. The van der Waals surface area contributed by atoms with Crippen molar-refractivity contribution in [1.29, 1.82) is 5.26 Å². The van der Waals surface area contributed by atoms with Crippen LogP contribution in [0.3, 0.4) is 0 Å². The first-order chi connectivity index (χ1) is 11.5. The van der Waals surface area contributed by atoms with Gasteiger partial charge in [-0.2, -0.15) is 5.26 Å². The third-order valence-corrected chi connectivity index (χ3v) is 3.61. The lowest BCUT2D eigenvalue weighted by Gasteiger charge is -2.09. The summed E-state index contributed by atoms with van der Waals surface area (Å²) in [6, 6.07) is 13.7. The highest BCUT2D eigenvalue weighted by Crippen LogP contribution is 2.18. The lowest BCUT2D eigenvalue weighted by molar-refractivity contribution is 0.262. The summed E-state index contributed by atoms with van der Waals surface area (Å²) in [4.78, 5) is 21.0. The predicted octanol–water partition coefficient (Wildman–Crippen LogP) is 3.76. The molecule has 2 amide bonds. The number of amides is 2. The number of carbonyl (C=O) groups is 1. The molecular formula is C18H15N5O. The van der Waals surface area contributed by atoms with Crippen LogP contribution >= 0.6 is 0 Å². The zero-order chi connectivity index (χ0) is 17.1. The van der Waals surface area contributed by atoms with Crippen LogP contribution < -0.4 is 10.6 Å². The van der Waals surface area contributed by atoms with Gasteiger partial charge in [0.1, 0.15) is 0 Å². The van der Waals surface area contributed by atoms with Gasteiger partial charge < -0.3 is 10.6 Å². The van der Waals surface area contributed by atoms with Crippen molar-refractivity contribution in [3.8, 4) is 6.07 Å². The van der Waals surface area contributed by atoms with Gasteiger partial charge in [-0.05, 0) is 56.3 Å². The maximum absolute atomic E-state index is 12.1. The minimum absolute atomic E-state index is 0.365. The Kier molecular flexibility index (Phi) is 4.08. The van der Waals surface area contributed by atoms with Crippen molar-refractivity contribution in [2.75, 3.05) is 10.6 Å². The molecule has 0 bridgehead atoms. The van der Waals surface area contributed by atoms with Gasteiger partial charge in [0.15, 0.2) is 0 Å². The molecule has 0 aliphatic rings. The lowest BCUT2D eigenvalue weighted by Crippen LogP contribution is -2.19. The quantitative estimate of drug-likeness (QED) is 0.753. The highest BCUT2D eigenvalue weighted by molar-refractivity contribution is 6.00. The van der Waals surface area contributed by atoms with Crippen LogP contribution in [0, 0.1) is 25.2 Å². The fourth-order valence-electron chi connectivity index (χ4n) is 2.23. The maximum Gasteiger partial charge on any atom is 0.323 e. The second-order valence-electron chi connectivity index (χ2n) is 5.37. The molecule has 3 rings (SSSR count). The molecule has 0 aliphatic carbocycles. The molecule has 0 spiro atoms. The smallest absolute Gasteiger partial charge is 0.308 e. The van der Waals surface area contributed by atoms with E-state index in [0.717, 1.165) is 22.4 Å². The van der Waals surface area contributed by atoms with Gasteiger partial charge in [-0.3, -0.25) is 0 Å². The van der Waals surface area contributed by atoms with E-state index in [-0.39, 0.29) is 6.03 Å². The molecule has 0 saturated heterocycles. The largest absolute Gasteiger partial charge is 0.323 e. The number of rotatable bonds is 2. The summed E-state index contributed by atoms with van der Waals surface area (Å²) in [5, 5.41) is 14.2. The van der Waals surface area contributed by atoms with Crippen molar-refractivity contribution in [1.82, 2.24) is 9.97 Å². The summed E-state index contributed by atoms with van der Waals surface area (Å²) < 4.78 is 0. The number of carbonyl (C=O) groups excluding carboxylic acids is 1. The average Bonchev–Trinajstić information content (AvgIpc) is 2.57. The molecular weight excluding hydrogens is 302 g/mol. The highest BCUT2D eigenvalue weighted by Gasteiger charge is 2.06. The summed E-state index contributed by atoms with van der Waals surface area (Å²) >= 11 is 0. The SMILES string of the molecule is Cc1nc2ccc(NC(=O)Nc3ccc(C#N)cc3)cc2nc1C. The van der Waals surface area contributed by atoms with Crippen LogP contribution in [0.15, 0.2) is 42.5 Å². The number of nitriles is 1. The van der Waals surface area contributed by atoms with Gasteiger partial charge in [-0.15, -0.1) is 0 Å². The number of hydrogen-bond acceptors (Lipinski definition) is 4. The normalized spacial score (nSPS) is 10.2. The number of fused-ring (bicyclic) bond motifs is 1. The van der Waals surface area contributed by atoms with Crippen molar-refractivity contribution < 1.29 is 4.79 Å². The Morgan fingerprint density at radius 2 is 1.50 bits per heavy atom. The molecule has 1 heterocycles. The minimum Gasteiger partial charge on any atom is -0.308 e. The Hall–Kier alpha value is -3.46. The second-order valence-corrected chi connectivity index (χ2v) is 5.37. The minimum atomic E-state index is -0.365. The Morgan fingerprint density at radius 1 is 0.917 bits per heavy atom. The Labute approximate surface area is 139 Å². The molecule has 0 unspecified atom stereocenters. The van der Waals surface area contributed by atoms with Crippen LogP contribution in [0.1, 0.15) is 17.0 Å². The van der Waals surface area contributed by atoms with E-state index in [4.69, 9.17) is 5.26 Å². The van der Waals surface area contributed by atoms with E-state index < -0.39 is 0 Å². The van der Waals surface area contributed by atoms with E-state index >= 15 is 0 Å². The molecule has 6 nitrogen and oxygen atoms in total. The molecule has 1 aromatic heterocycles. The number of nitrogens with one attached hydrogen (secondary N) is 2. The number of urea groups is 1. The first-order valence-electron chi connectivity index (χ1n) is 7.38. The van der Waals surface area contributed by atoms with Gasteiger partial charge in [0, 0.05) is 11.4 Å².